The van der Waals surface area contributed by atoms with Crippen LogP contribution in [0.1, 0.15) is 6.92 Å². The number of nitrogens with zero attached hydrogens (tertiary/aromatic N) is 2. The minimum atomic E-state index is -5.08. The zero-order chi connectivity index (χ0) is 14.6. The molecule has 1 aromatic rings. The molecule has 0 bridgehead atoms. The Morgan fingerprint density at radius 1 is 1.28 bits per heavy atom. The number of halogens is 6. The van der Waals surface area contributed by atoms with E-state index in [1.165, 1.54) is 10.8 Å². The van der Waals surface area contributed by atoms with Crippen LogP contribution in [-0.2, 0) is 23.9 Å². The number of aryl methyl sites for hydroxylation is 1. The minimum Gasteiger partial charge on any atom is -0.766 e. The summed E-state index contributed by atoms with van der Waals surface area (Å²) in [7, 11) is 0. The highest BCUT2D eigenvalue weighted by Crippen LogP contribution is 2.20. The molecule has 4 nitrogen and oxygen atoms in total. The van der Waals surface area contributed by atoms with Crippen LogP contribution in [0.4, 0.5) is 26.3 Å². The summed E-state index contributed by atoms with van der Waals surface area (Å²) in [6.07, 6.45) is -0.905. The van der Waals surface area contributed by atoms with Crippen LogP contribution in [0.5, 0.6) is 0 Å². The van der Waals surface area contributed by atoms with Gasteiger partial charge in [-0.3, -0.25) is 4.21 Å². The van der Waals surface area contributed by atoms with E-state index in [0.29, 0.717) is 6.54 Å². The van der Waals surface area contributed by atoms with Crippen LogP contribution in [0.3, 0.4) is 0 Å². The summed E-state index contributed by atoms with van der Waals surface area (Å²) in [5, 5.41) is 0. The second-order valence-electron chi connectivity index (χ2n) is 2.80. The highest BCUT2D eigenvalue weighted by molar-refractivity contribution is 7.80. The lowest BCUT2D eigenvalue weighted by Crippen LogP contribution is -2.30. The van der Waals surface area contributed by atoms with Gasteiger partial charge in [-0.25, -0.2) is 4.57 Å². The van der Waals surface area contributed by atoms with Crippen molar-refractivity contribution in [1.29, 1.82) is 0 Å². The number of hydrogen-bond acceptors (Lipinski definition) is 2. The smallest absolute Gasteiger partial charge is 0.567 e. The molecule has 18 heavy (non-hydrogen) atoms. The van der Waals surface area contributed by atoms with Crippen molar-refractivity contribution in [1.82, 2.24) is 4.57 Å². The molecule has 0 fully saturated rings. The highest BCUT2D eigenvalue weighted by Gasteiger charge is 2.36. The first-order valence-corrected chi connectivity index (χ1v) is 5.36. The van der Waals surface area contributed by atoms with E-state index in [0.717, 1.165) is 12.5 Å². The van der Waals surface area contributed by atoms with E-state index in [-0.39, 0.29) is 4.57 Å². The average Bonchev–Trinajstić information content (AvgIpc) is 2.64. The Kier molecular flexibility index (Phi) is 5.80. The number of hydrogen-bond donors (Lipinski definition) is 0. The van der Waals surface area contributed by atoms with Crippen LogP contribution < -0.4 is 4.57 Å². The number of alkyl halides is 6. The molecular formula is C7H8F6N2O2S. The van der Waals surface area contributed by atoms with Crippen molar-refractivity contribution < 1.29 is 39.7 Å². The third-order valence-corrected chi connectivity index (χ3v) is 1.92. The molecule has 0 saturated heterocycles. The zero-order valence-electron chi connectivity index (χ0n) is 8.83. The summed E-state index contributed by atoms with van der Waals surface area (Å²) in [5.74, 6) is 0. The average molecular weight is 298 g/mol. The van der Waals surface area contributed by atoms with Crippen LogP contribution in [0.15, 0.2) is 18.7 Å². The van der Waals surface area contributed by atoms with Gasteiger partial charge in [-0.05, 0) is 6.92 Å². The number of aromatic nitrogens is 2. The van der Waals surface area contributed by atoms with Crippen molar-refractivity contribution in [3.63, 3.8) is 0 Å². The van der Waals surface area contributed by atoms with Gasteiger partial charge in [0.1, 0.15) is 12.4 Å². The summed E-state index contributed by atoms with van der Waals surface area (Å²) in [6.45, 7) is 2.32. The molecule has 0 N–H and O–H groups in total. The van der Waals surface area contributed by atoms with Gasteiger partial charge in [0.05, 0.1) is 17.6 Å². The maximum absolute atomic E-state index is 11.9. The Morgan fingerprint density at radius 2 is 1.72 bits per heavy atom. The first kappa shape index (κ1) is 16.9. The zero-order valence-corrected chi connectivity index (χ0v) is 9.64. The number of rotatable bonds is 1. The maximum atomic E-state index is 11.9. The van der Waals surface area contributed by atoms with Gasteiger partial charge in [-0.1, -0.05) is 0 Å². The van der Waals surface area contributed by atoms with Crippen molar-refractivity contribution in [2.45, 2.75) is 25.3 Å². The van der Waals surface area contributed by atoms with Crippen LogP contribution in [0.2, 0.25) is 0 Å². The van der Waals surface area contributed by atoms with Gasteiger partial charge < -0.3 is 4.55 Å². The van der Waals surface area contributed by atoms with Crippen LogP contribution in [0.25, 0.3) is 0 Å². The van der Waals surface area contributed by atoms with Crippen molar-refractivity contribution in [2.24, 2.45) is 0 Å². The predicted octanol–water partition coefficient (Wildman–Crippen LogP) is 1.66. The molecule has 1 unspecified atom stereocenters. The molecule has 1 aromatic heterocycles. The fourth-order valence-electron chi connectivity index (χ4n) is 0.731. The van der Waals surface area contributed by atoms with E-state index in [1.54, 1.807) is 6.92 Å². The summed E-state index contributed by atoms with van der Waals surface area (Å²) in [4.78, 5) is 0. The molecule has 0 amide bonds. The van der Waals surface area contributed by atoms with Crippen LogP contribution in [-0.4, -0.2) is 18.8 Å². The Hall–Kier alpha value is -1.10. The van der Waals surface area contributed by atoms with E-state index in [4.69, 9.17) is 8.76 Å². The first-order valence-electron chi connectivity index (χ1n) is 4.28. The van der Waals surface area contributed by atoms with Gasteiger partial charge >= 0.3 is 11.8 Å². The van der Waals surface area contributed by atoms with Gasteiger partial charge in [-0.2, -0.15) is 13.2 Å². The SMILES string of the molecule is CC[n+]1ccn(C(F)(F)F)c1.O=S([O-])C(F)(F)F. The molecule has 0 saturated carbocycles. The molecule has 1 atom stereocenters. The van der Waals surface area contributed by atoms with Gasteiger partial charge in [0.25, 0.3) is 6.33 Å². The normalized spacial score (nSPS) is 13.8. The topological polar surface area (TPSA) is 48.9 Å². The van der Waals surface area contributed by atoms with E-state index in [2.05, 4.69) is 0 Å². The van der Waals surface area contributed by atoms with Crippen molar-refractivity contribution >= 4 is 11.1 Å². The maximum Gasteiger partial charge on any atom is 0.567 e. The Bertz CT molecular complexity index is 399. The number of imidazole rings is 1. The van der Waals surface area contributed by atoms with Crippen molar-refractivity contribution in [3.05, 3.63) is 18.7 Å². The molecular weight excluding hydrogens is 290 g/mol. The Balaban J connectivity index is 0.000000360. The molecule has 0 aromatic carbocycles. The van der Waals surface area contributed by atoms with E-state index < -0.39 is 22.9 Å². The first-order chi connectivity index (χ1) is 7.98. The fourth-order valence-corrected chi connectivity index (χ4v) is 0.731. The molecule has 0 aliphatic rings. The molecule has 1 heterocycles. The molecule has 1 rings (SSSR count). The van der Waals surface area contributed by atoms with Gasteiger partial charge in [-0.15, -0.1) is 17.7 Å². The van der Waals surface area contributed by atoms with Crippen molar-refractivity contribution in [2.75, 3.05) is 0 Å². The van der Waals surface area contributed by atoms with Gasteiger partial charge in [0, 0.05) is 0 Å². The quantitative estimate of drug-likeness (QED) is 0.450. The molecule has 0 spiro atoms. The van der Waals surface area contributed by atoms with E-state index in [9.17, 15) is 26.3 Å². The highest BCUT2D eigenvalue weighted by atomic mass is 32.2. The lowest BCUT2D eigenvalue weighted by molar-refractivity contribution is -0.693. The molecule has 0 aliphatic carbocycles. The summed E-state index contributed by atoms with van der Waals surface area (Å²) in [5.41, 5.74) is -5.08. The van der Waals surface area contributed by atoms with Crippen molar-refractivity contribution in [3.8, 4) is 0 Å². The monoisotopic (exact) mass is 298 g/mol. The molecule has 0 radical (unpaired) electrons. The summed E-state index contributed by atoms with van der Waals surface area (Å²) >= 11 is -3.93. The molecule has 0 aliphatic heterocycles. The summed E-state index contributed by atoms with van der Waals surface area (Å²) < 4.78 is 86.8. The van der Waals surface area contributed by atoms with Gasteiger partial charge in [0.15, 0.2) is 0 Å². The molecule has 106 valence electrons. The predicted molar refractivity (Wildman–Crippen MR) is 46.6 cm³/mol. The largest absolute Gasteiger partial charge is 0.766 e. The second-order valence-corrected chi connectivity index (χ2v) is 3.73. The lowest BCUT2D eigenvalue weighted by Gasteiger charge is -2.06. The van der Waals surface area contributed by atoms with E-state index in [1.807, 2.05) is 0 Å². The fraction of sp³-hybridized carbons (Fsp3) is 0.571. The second kappa shape index (κ2) is 6.18. The summed E-state index contributed by atoms with van der Waals surface area (Å²) in [6, 6.07) is 0. The standard InChI is InChI=1S/C6H8F3N2.CHF3O2S/c1-2-10-3-4-11(5-10)6(7,8)9;2-1(3,4)7(5)6/h3-5H,2H2,1H3;(H,5,6)/q+1;/p-1. The van der Waals surface area contributed by atoms with E-state index >= 15 is 0 Å². The minimum absolute atomic E-state index is 0.219. The third kappa shape index (κ3) is 6.00. The van der Waals surface area contributed by atoms with Crippen LogP contribution >= 0.6 is 0 Å². The Labute approximate surface area is 100 Å². The third-order valence-electron chi connectivity index (χ3n) is 1.54. The van der Waals surface area contributed by atoms with Gasteiger partial charge in [0.2, 0.25) is 0 Å². The van der Waals surface area contributed by atoms with Crippen LogP contribution in [0, 0.1) is 0 Å². The Morgan fingerprint density at radius 3 is 1.89 bits per heavy atom. The molecule has 11 heteroatoms. The lowest BCUT2D eigenvalue weighted by atomic mass is 10.7.